The minimum absolute atomic E-state index is 0.124. The van der Waals surface area contributed by atoms with E-state index in [1.165, 1.54) is 0 Å². The fraction of sp³-hybridized carbons (Fsp3) is 0.318. The SMILES string of the molecule is CC1(C)C2CCC1(C(=O)Nc1cc(Cl)ccc1Cl)c1nc3cc(Cl)c(Cl)cc3nc12. The molecule has 2 unspecified atom stereocenters. The molecule has 30 heavy (non-hydrogen) atoms. The van der Waals surface area contributed by atoms with Crippen LogP contribution in [-0.4, -0.2) is 15.9 Å². The largest absolute Gasteiger partial charge is 0.324 e. The second-order valence-electron chi connectivity index (χ2n) is 8.51. The Bertz CT molecular complexity index is 1240. The molecule has 1 aromatic heterocycles. The number of benzene rings is 2. The molecule has 5 rings (SSSR count). The van der Waals surface area contributed by atoms with Crippen LogP contribution in [0.15, 0.2) is 30.3 Å². The normalized spacial score (nSPS) is 23.6. The first kappa shape index (κ1) is 20.3. The average molecular weight is 481 g/mol. The zero-order chi connectivity index (χ0) is 21.4. The summed E-state index contributed by atoms with van der Waals surface area (Å²) in [5, 5.41) is 4.78. The van der Waals surface area contributed by atoms with Gasteiger partial charge in [-0.2, -0.15) is 0 Å². The number of amides is 1. The van der Waals surface area contributed by atoms with E-state index in [9.17, 15) is 4.79 Å². The van der Waals surface area contributed by atoms with Crippen molar-refractivity contribution >= 4 is 69.0 Å². The first-order valence-electron chi connectivity index (χ1n) is 9.59. The van der Waals surface area contributed by atoms with E-state index in [-0.39, 0.29) is 17.2 Å². The van der Waals surface area contributed by atoms with Gasteiger partial charge in [0, 0.05) is 10.9 Å². The number of hydrogen-bond acceptors (Lipinski definition) is 3. The molecule has 2 aliphatic carbocycles. The minimum atomic E-state index is -0.827. The van der Waals surface area contributed by atoms with E-state index in [0.717, 1.165) is 12.1 Å². The van der Waals surface area contributed by atoms with Gasteiger partial charge in [0.2, 0.25) is 5.91 Å². The highest BCUT2D eigenvalue weighted by molar-refractivity contribution is 6.42. The number of carbonyl (C=O) groups is 1. The Labute approximate surface area is 193 Å². The van der Waals surface area contributed by atoms with Gasteiger partial charge in [-0.3, -0.25) is 4.79 Å². The monoisotopic (exact) mass is 479 g/mol. The van der Waals surface area contributed by atoms with E-state index in [2.05, 4.69) is 19.2 Å². The lowest BCUT2D eigenvalue weighted by Gasteiger charge is -2.36. The highest BCUT2D eigenvalue weighted by Gasteiger charge is 2.67. The lowest BCUT2D eigenvalue weighted by molar-refractivity contribution is -0.124. The first-order chi connectivity index (χ1) is 14.1. The number of nitrogens with one attached hydrogen (secondary N) is 1. The van der Waals surface area contributed by atoms with Crippen LogP contribution >= 0.6 is 46.4 Å². The van der Waals surface area contributed by atoms with Crippen molar-refractivity contribution in [2.45, 2.75) is 38.0 Å². The molecule has 154 valence electrons. The Morgan fingerprint density at radius 1 is 1.00 bits per heavy atom. The van der Waals surface area contributed by atoms with E-state index in [1.807, 2.05) is 0 Å². The van der Waals surface area contributed by atoms with Crippen molar-refractivity contribution in [3.63, 3.8) is 0 Å². The highest BCUT2D eigenvalue weighted by Crippen LogP contribution is 2.67. The predicted octanol–water partition coefficient (Wildman–Crippen LogP) is 7.04. The third kappa shape index (κ3) is 2.64. The smallest absolute Gasteiger partial charge is 0.237 e. The second kappa shape index (κ2) is 6.70. The van der Waals surface area contributed by atoms with Gasteiger partial charge in [0.1, 0.15) is 0 Å². The van der Waals surface area contributed by atoms with Crippen LogP contribution < -0.4 is 5.32 Å². The number of hydrogen-bond donors (Lipinski definition) is 1. The third-order valence-electron chi connectivity index (χ3n) is 6.81. The molecule has 0 saturated heterocycles. The Balaban J connectivity index is 1.68. The number of carbonyl (C=O) groups excluding carboxylic acids is 1. The number of nitrogens with zero attached hydrogens (tertiary/aromatic N) is 2. The minimum Gasteiger partial charge on any atom is -0.324 e. The second-order valence-corrected chi connectivity index (χ2v) is 10.2. The zero-order valence-corrected chi connectivity index (χ0v) is 19.2. The van der Waals surface area contributed by atoms with E-state index < -0.39 is 5.41 Å². The van der Waals surface area contributed by atoms with Crippen LogP contribution in [0.1, 0.15) is 44.0 Å². The quantitative estimate of drug-likeness (QED) is 0.428. The Kier molecular flexibility index (Phi) is 4.54. The van der Waals surface area contributed by atoms with E-state index in [0.29, 0.717) is 48.9 Å². The summed E-state index contributed by atoms with van der Waals surface area (Å²) in [5.41, 5.74) is 2.18. The summed E-state index contributed by atoms with van der Waals surface area (Å²) in [6.07, 6.45) is 1.54. The lowest BCUT2D eigenvalue weighted by Crippen LogP contribution is -2.46. The number of aromatic nitrogens is 2. The van der Waals surface area contributed by atoms with Gasteiger partial charge in [0.15, 0.2) is 0 Å². The van der Waals surface area contributed by atoms with Crippen LogP contribution in [0.2, 0.25) is 20.1 Å². The summed E-state index contributed by atoms with van der Waals surface area (Å²) >= 11 is 24.8. The number of rotatable bonds is 2. The van der Waals surface area contributed by atoms with E-state index in [1.54, 1.807) is 30.3 Å². The average Bonchev–Trinajstić information content (AvgIpc) is 3.06. The molecule has 0 aliphatic heterocycles. The van der Waals surface area contributed by atoms with Gasteiger partial charge in [-0.1, -0.05) is 60.3 Å². The van der Waals surface area contributed by atoms with Crippen molar-refractivity contribution < 1.29 is 4.79 Å². The lowest BCUT2D eigenvalue weighted by atomic mass is 9.67. The summed E-state index contributed by atoms with van der Waals surface area (Å²) in [4.78, 5) is 23.5. The van der Waals surface area contributed by atoms with Crippen LogP contribution in [0.4, 0.5) is 5.69 Å². The fourth-order valence-corrected chi connectivity index (χ4v) is 5.85. The molecule has 1 fully saturated rings. The molecule has 1 amide bonds. The molecule has 1 N–H and O–H groups in total. The maximum absolute atomic E-state index is 13.8. The summed E-state index contributed by atoms with van der Waals surface area (Å²) < 4.78 is 0. The molecule has 0 radical (unpaired) electrons. The molecule has 4 nitrogen and oxygen atoms in total. The number of halogens is 4. The van der Waals surface area contributed by atoms with Gasteiger partial charge in [-0.25, -0.2) is 9.97 Å². The van der Waals surface area contributed by atoms with Crippen molar-refractivity contribution in [3.05, 3.63) is 61.8 Å². The molecule has 2 bridgehead atoms. The van der Waals surface area contributed by atoms with Crippen molar-refractivity contribution in [2.75, 3.05) is 5.32 Å². The van der Waals surface area contributed by atoms with Gasteiger partial charge >= 0.3 is 0 Å². The topological polar surface area (TPSA) is 54.9 Å². The van der Waals surface area contributed by atoms with Gasteiger partial charge in [0.25, 0.3) is 0 Å². The van der Waals surface area contributed by atoms with Gasteiger partial charge in [0.05, 0.1) is 48.6 Å². The van der Waals surface area contributed by atoms with Crippen molar-refractivity contribution in [2.24, 2.45) is 5.41 Å². The highest BCUT2D eigenvalue weighted by atomic mass is 35.5. The Morgan fingerprint density at radius 2 is 1.67 bits per heavy atom. The van der Waals surface area contributed by atoms with Crippen molar-refractivity contribution in [3.8, 4) is 0 Å². The predicted molar refractivity (Wildman–Crippen MR) is 122 cm³/mol. The first-order valence-corrected chi connectivity index (χ1v) is 11.1. The molecule has 3 aromatic rings. The third-order valence-corrected chi connectivity index (χ3v) is 8.10. The van der Waals surface area contributed by atoms with Crippen LogP contribution in [0, 0.1) is 5.41 Å². The van der Waals surface area contributed by atoms with Crippen molar-refractivity contribution in [1.82, 2.24) is 9.97 Å². The van der Waals surface area contributed by atoms with E-state index >= 15 is 0 Å². The summed E-state index contributed by atoms with van der Waals surface area (Å²) in [5.74, 6) is -0.0222. The summed E-state index contributed by atoms with van der Waals surface area (Å²) in [6.45, 7) is 4.22. The molecule has 2 atom stereocenters. The molecular formula is C22H17Cl4N3O. The number of fused-ring (bicyclic) bond motifs is 6. The van der Waals surface area contributed by atoms with Crippen LogP contribution in [0.25, 0.3) is 11.0 Å². The Hall–Kier alpha value is -1.59. The van der Waals surface area contributed by atoms with Crippen molar-refractivity contribution in [1.29, 1.82) is 0 Å². The molecule has 1 saturated carbocycles. The van der Waals surface area contributed by atoms with Gasteiger partial charge in [-0.15, -0.1) is 0 Å². The zero-order valence-electron chi connectivity index (χ0n) is 16.2. The standard InChI is InChI=1S/C22H17Cl4N3O/c1-21(2)11-5-6-22(21,20(30)29-15-7-10(23)3-4-12(15)24)19-18(11)27-16-8-13(25)14(26)9-17(16)28-19/h3-4,7-9,11H,5-6H2,1-2H3,(H,29,30). The maximum atomic E-state index is 13.8. The molecule has 2 aliphatic rings. The molecule has 1 heterocycles. The Morgan fingerprint density at radius 3 is 2.37 bits per heavy atom. The van der Waals surface area contributed by atoms with Crippen LogP contribution in [0.3, 0.4) is 0 Å². The van der Waals surface area contributed by atoms with E-state index in [4.69, 9.17) is 56.4 Å². The van der Waals surface area contributed by atoms with Gasteiger partial charge in [-0.05, 0) is 48.6 Å². The molecule has 8 heteroatoms. The summed E-state index contributed by atoms with van der Waals surface area (Å²) in [6, 6.07) is 8.43. The number of anilines is 1. The van der Waals surface area contributed by atoms with Crippen LogP contribution in [0.5, 0.6) is 0 Å². The maximum Gasteiger partial charge on any atom is 0.237 e. The van der Waals surface area contributed by atoms with Gasteiger partial charge < -0.3 is 5.32 Å². The summed E-state index contributed by atoms with van der Waals surface area (Å²) in [7, 11) is 0. The fourth-order valence-electron chi connectivity index (χ4n) is 5.20. The molecular weight excluding hydrogens is 464 g/mol. The molecule has 2 aromatic carbocycles. The molecule has 0 spiro atoms. The van der Waals surface area contributed by atoms with Crippen LogP contribution in [-0.2, 0) is 10.2 Å².